The van der Waals surface area contributed by atoms with E-state index < -0.39 is 0 Å². The van der Waals surface area contributed by atoms with Crippen LogP contribution in [0.25, 0.3) is 27.9 Å². The average molecular weight is 419 g/mol. The van der Waals surface area contributed by atoms with Crippen LogP contribution in [0.5, 0.6) is 0 Å². The molecular weight excluding hydrogens is 388 g/mol. The lowest BCUT2D eigenvalue weighted by atomic mass is 10.1. The van der Waals surface area contributed by atoms with Gasteiger partial charge in [0.05, 0.1) is 23.1 Å². The topological polar surface area (TPSA) is 94.1 Å². The van der Waals surface area contributed by atoms with E-state index in [2.05, 4.69) is 54.8 Å². The van der Waals surface area contributed by atoms with Crippen molar-refractivity contribution in [2.45, 2.75) is 25.8 Å². The van der Waals surface area contributed by atoms with E-state index in [0.717, 1.165) is 65.4 Å². The van der Waals surface area contributed by atoms with Crippen LogP contribution >= 0.6 is 0 Å². The quantitative estimate of drug-likeness (QED) is 0.511. The molecule has 1 fully saturated rings. The van der Waals surface area contributed by atoms with Crippen LogP contribution in [0.4, 0.5) is 5.82 Å². The van der Waals surface area contributed by atoms with E-state index in [1.54, 1.807) is 7.05 Å². The Bertz CT molecular complexity index is 1080. The summed E-state index contributed by atoms with van der Waals surface area (Å²) in [6, 6.07) is 8.70. The van der Waals surface area contributed by atoms with Gasteiger partial charge in [-0.1, -0.05) is 6.07 Å². The molecule has 0 aromatic carbocycles. The average Bonchev–Trinajstić information content (AvgIpc) is 3.25. The van der Waals surface area contributed by atoms with Crippen molar-refractivity contribution in [2.75, 3.05) is 38.6 Å². The molecule has 0 unspecified atom stereocenters. The first kappa shape index (κ1) is 21.0. The standard InChI is InChI=1S/C23H30N8/c1-4-26-13-16(12-24-2)20-11-18-21(14-27-20)29-30-23(18)19-8-5-9-22(28-19)31-10-6-7-17(15-31)25-3/h5,8-9,11-14,17,25-26H,4,6-7,10,15H2,1-3H3,(H,29,30)/b16-13+,24-12?/t17-/m0/s1. The number of piperidine rings is 1. The molecule has 31 heavy (non-hydrogen) atoms. The van der Waals surface area contributed by atoms with Crippen molar-refractivity contribution in [1.82, 2.24) is 30.8 Å². The van der Waals surface area contributed by atoms with E-state index in [1.807, 2.05) is 37.8 Å². The number of allylic oxidation sites excluding steroid dienone is 1. The maximum absolute atomic E-state index is 4.96. The van der Waals surface area contributed by atoms with Crippen molar-refractivity contribution >= 4 is 28.5 Å². The number of pyridine rings is 2. The SMILES string of the molecule is CCN/C=C(\C=NC)c1cc2c(-c3cccc(N4CCC[C@H](NC)C4)n3)n[nH]c2cn1. The zero-order chi connectivity index (χ0) is 21.6. The number of H-pyrrole nitrogens is 1. The third-order valence-corrected chi connectivity index (χ3v) is 5.60. The summed E-state index contributed by atoms with van der Waals surface area (Å²) in [5.74, 6) is 0.994. The van der Waals surface area contributed by atoms with Crippen molar-refractivity contribution in [3.05, 3.63) is 42.4 Å². The van der Waals surface area contributed by atoms with Gasteiger partial charge >= 0.3 is 0 Å². The summed E-state index contributed by atoms with van der Waals surface area (Å²) >= 11 is 0. The largest absolute Gasteiger partial charge is 0.391 e. The molecule has 0 radical (unpaired) electrons. The Hall–Kier alpha value is -3.26. The first-order valence-electron chi connectivity index (χ1n) is 10.8. The van der Waals surface area contributed by atoms with Gasteiger partial charge in [-0.05, 0) is 45.0 Å². The third kappa shape index (κ3) is 4.59. The monoisotopic (exact) mass is 418 g/mol. The van der Waals surface area contributed by atoms with E-state index >= 15 is 0 Å². The molecule has 0 amide bonds. The zero-order valence-electron chi connectivity index (χ0n) is 18.4. The molecule has 4 heterocycles. The number of anilines is 1. The minimum atomic E-state index is 0.501. The Kier molecular flexibility index (Phi) is 6.57. The molecule has 8 heteroatoms. The summed E-state index contributed by atoms with van der Waals surface area (Å²) in [6.45, 7) is 4.89. The molecule has 1 aliphatic rings. The van der Waals surface area contributed by atoms with Gasteiger partial charge in [-0.2, -0.15) is 5.10 Å². The lowest BCUT2D eigenvalue weighted by molar-refractivity contribution is 0.448. The first-order chi connectivity index (χ1) is 15.2. The fraction of sp³-hybridized carbons (Fsp3) is 0.391. The zero-order valence-corrected chi connectivity index (χ0v) is 18.4. The highest BCUT2D eigenvalue weighted by molar-refractivity contribution is 6.10. The predicted octanol–water partition coefficient (Wildman–Crippen LogP) is 2.86. The minimum absolute atomic E-state index is 0.501. The number of nitrogens with zero attached hydrogens (tertiary/aromatic N) is 5. The normalized spacial score (nSPS) is 17.6. The summed E-state index contributed by atoms with van der Waals surface area (Å²) in [7, 11) is 3.79. The van der Waals surface area contributed by atoms with Crippen LogP contribution in [-0.2, 0) is 0 Å². The van der Waals surface area contributed by atoms with Crippen LogP contribution in [0.3, 0.4) is 0 Å². The number of nitrogens with one attached hydrogen (secondary N) is 3. The molecule has 4 rings (SSSR count). The predicted molar refractivity (Wildman–Crippen MR) is 127 cm³/mol. The van der Waals surface area contributed by atoms with E-state index in [-0.39, 0.29) is 0 Å². The number of rotatable bonds is 7. The molecule has 3 aromatic rings. The molecule has 1 atom stereocenters. The van der Waals surface area contributed by atoms with Gasteiger partial charge in [0, 0.05) is 56.1 Å². The summed E-state index contributed by atoms with van der Waals surface area (Å²) in [5, 5.41) is 15.3. The Balaban J connectivity index is 1.70. The van der Waals surface area contributed by atoms with E-state index in [9.17, 15) is 0 Å². The first-order valence-corrected chi connectivity index (χ1v) is 10.8. The fourth-order valence-electron chi connectivity index (χ4n) is 3.95. The molecule has 3 N–H and O–H groups in total. The molecule has 3 aromatic heterocycles. The van der Waals surface area contributed by atoms with Gasteiger partial charge in [0.15, 0.2) is 0 Å². The van der Waals surface area contributed by atoms with Gasteiger partial charge in [0.25, 0.3) is 0 Å². The molecule has 0 aliphatic carbocycles. The molecule has 162 valence electrons. The van der Waals surface area contributed by atoms with Gasteiger partial charge in [-0.15, -0.1) is 0 Å². The molecule has 0 spiro atoms. The van der Waals surface area contributed by atoms with Crippen molar-refractivity contribution in [3.63, 3.8) is 0 Å². The van der Waals surface area contributed by atoms with Gasteiger partial charge < -0.3 is 15.5 Å². The van der Waals surface area contributed by atoms with Crippen LogP contribution in [0.2, 0.25) is 0 Å². The number of aromatic amines is 1. The van der Waals surface area contributed by atoms with Gasteiger partial charge in [-0.3, -0.25) is 15.1 Å². The van der Waals surface area contributed by atoms with Crippen LogP contribution in [0.1, 0.15) is 25.5 Å². The number of hydrogen-bond acceptors (Lipinski definition) is 7. The summed E-state index contributed by atoms with van der Waals surface area (Å²) in [4.78, 5) is 16.1. The minimum Gasteiger partial charge on any atom is -0.391 e. The van der Waals surface area contributed by atoms with E-state index in [4.69, 9.17) is 4.98 Å². The van der Waals surface area contributed by atoms with Crippen molar-refractivity contribution in [3.8, 4) is 11.4 Å². The highest BCUT2D eigenvalue weighted by Gasteiger charge is 2.20. The number of fused-ring (bicyclic) bond motifs is 1. The molecule has 1 aliphatic heterocycles. The maximum Gasteiger partial charge on any atom is 0.129 e. The molecule has 0 bridgehead atoms. The van der Waals surface area contributed by atoms with Crippen LogP contribution in [-0.4, -0.2) is 66.2 Å². The van der Waals surface area contributed by atoms with Gasteiger partial charge in [0.1, 0.15) is 11.5 Å². The molecular formula is C23H30N8. The van der Waals surface area contributed by atoms with Crippen molar-refractivity contribution < 1.29 is 0 Å². The molecule has 0 saturated carbocycles. The summed E-state index contributed by atoms with van der Waals surface area (Å²) in [6.07, 6.45) is 7.93. The Morgan fingerprint density at radius 1 is 1.39 bits per heavy atom. The van der Waals surface area contributed by atoms with E-state index in [0.29, 0.717) is 6.04 Å². The number of aliphatic imine (C=N–C) groups is 1. The van der Waals surface area contributed by atoms with E-state index in [1.165, 1.54) is 6.42 Å². The second-order valence-corrected chi connectivity index (χ2v) is 7.69. The third-order valence-electron chi connectivity index (χ3n) is 5.60. The number of likely N-dealkylation sites (N-methyl/N-ethyl adjacent to an activating group) is 1. The maximum atomic E-state index is 4.96. The second kappa shape index (κ2) is 9.70. The summed E-state index contributed by atoms with van der Waals surface area (Å²) < 4.78 is 0. The fourth-order valence-corrected chi connectivity index (χ4v) is 3.95. The smallest absolute Gasteiger partial charge is 0.129 e. The number of hydrogen-bond donors (Lipinski definition) is 3. The lowest BCUT2D eigenvalue weighted by Crippen LogP contribution is -2.44. The number of aromatic nitrogens is 4. The van der Waals surface area contributed by atoms with Gasteiger partial charge in [0.2, 0.25) is 0 Å². The Morgan fingerprint density at radius 3 is 3.10 bits per heavy atom. The van der Waals surface area contributed by atoms with Crippen LogP contribution < -0.4 is 15.5 Å². The highest BCUT2D eigenvalue weighted by Crippen LogP contribution is 2.28. The molecule has 1 saturated heterocycles. The summed E-state index contributed by atoms with van der Waals surface area (Å²) in [5.41, 5.74) is 4.33. The van der Waals surface area contributed by atoms with Gasteiger partial charge in [-0.25, -0.2) is 4.98 Å². The second-order valence-electron chi connectivity index (χ2n) is 7.69. The lowest BCUT2D eigenvalue weighted by Gasteiger charge is -2.33. The Labute approximate surface area is 182 Å². The highest BCUT2D eigenvalue weighted by atomic mass is 15.2. The molecule has 8 nitrogen and oxygen atoms in total. The van der Waals surface area contributed by atoms with Crippen LogP contribution in [0, 0.1) is 0 Å². The van der Waals surface area contributed by atoms with Crippen molar-refractivity contribution in [1.29, 1.82) is 0 Å². The van der Waals surface area contributed by atoms with Crippen molar-refractivity contribution in [2.24, 2.45) is 4.99 Å². The van der Waals surface area contributed by atoms with Crippen LogP contribution in [0.15, 0.2) is 41.7 Å². The Morgan fingerprint density at radius 2 is 2.29 bits per heavy atom.